The van der Waals surface area contributed by atoms with Gasteiger partial charge >= 0.3 is 0 Å². The van der Waals surface area contributed by atoms with E-state index in [1.54, 1.807) is 18.2 Å². The Balaban J connectivity index is 1.46. The number of aliphatic hydroxyl groups is 2. The van der Waals surface area contributed by atoms with Crippen molar-refractivity contribution in [2.75, 3.05) is 5.73 Å². The summed E-state index contributed by atoms with van der Waals surface area (Å²) >= 11 is 0. The van der Waals surface area contributed by atoms with E-state index in [1.165, 1.54) is 23.3 Å². The highest BCUT2D eigenvalue weighted by Gasteiger charge is 2.46. The molecule has 1 aromatic carbocycles. The Bertz CT molecular complexity index is 1500. The Hall–Kier alpha value is -3.43. The first-order valence-electron chi connectivity index (χ1n) is 9.35. The van der Waals surface area contributed by atoms with E-state index in [0.29, 0.717) is 5.52 Å². The molecule has 4 atom stereocenters. The van der Waals surface area contributed by atoms with Crippen LogP contribution in [0.1, 0.15) is 6.23 Å². The van der Waals surface area contributed by atoms with E-state index in [1.807, 2.05) is 0 Å². The number of aromatic nitrogens is 5. The summed E-state index contributed by atoms with van der Waals surface area (Å²) in [5, 5.41) is 21.1. The van der Waals surface area contributed by atoms with Crippen LogP contribution in [0.3, 0.4) is 0 Å². The highest BCUT2D eigenvalue weighted by atomic mass is 32.2. The number of fused-ring (bicyclic) bond motifs is 2. The van der Waals surface area contributed by atoms with Crippen LogP contribution in [-0.2, 0) is 14.8 Å². The van der Waals surface area contributed by atoms with Gasteiger partial charge in [-0.25, -0.2) is 23.4 Å². The molecule has 6 N–H and O–H groups in total. The third-order valence-electron chi connectivity index (χ3n) is 5.21. The van der Waals surface area contributed by atoms with Crippen molar-refractivity contribution < 1.29 is 23.4 Å². The van der Waals surface area contributed by atoms with E-state index >= 15 is 0 Å². The molecule has 4 heterocycles. The summed E-state index contributed by atoms with van der Waals surface area (Å²) in [4.78, 5) is 26.8. The third-order valence-corrected chi connectivity index (χ3v) is 6.64. The van der Waals surface area contributed by atoms with Crippen molar-refractivity contribution in [3.8, 4) is 0 Å². The summed E-state index contributed by atoms with van der Waals surface area (Å²) in [6.07, 6.45) is -2.43. The first kappa shape index (κ1) is 20.5. The van der Waals surface area contributed by atoms with Gasteiger partial charge in [0, 0.05) is 17.1 Å². The van der Waals surface area contributed by atoms with Gasteiger partial charge in [-0.2, -0.15) is 4.72 Å². The minimum Gasteiger partial charge on any atom is -0.386 e. The van der Waals surface area contributed by atoms with Crippen LogP contribution in [-0.4, -0.2) is 61.6 Å². The molecule has 1 aliphatic heterocycles. The number of para-hydroxylation sites is 1. The number of imidazole rings is 1. The lowest BCUT2D eigenvalue weighted by atomic mass is 10.2. The van der Waals surface area contributed by atoms with E-state index in [0.717, 1.165) is 6.20 Å². The number of H-pyrrole nitrogens is 1. The summed E-state index contributed by atoms with van der Waals surface area (Å²) in [6, 6.07) is 6.44. The van der Waals surface area contributed by atoms with Gasteiger partial charge in [0.05, 0.1) is 6.33 Å². The number of pyridine rings is 1. The smallest absolute Gasteiger partial charge is 0.248 e. The molecule has 166 valence electrons. The Labute approximate surface area is 179 Å². The molecular formula is C18H17N7O6S. The van der Waals surface area contributed by atoms with Crippen LogP contribution in [0.4, 0.5) is 5.82 Å². The summed E-state index contributed by atoms with van der Waals surface area (Å²) in [7, 11) is -4.42. The van der Waals surface area contributed by atoms with Gasteiger partial charge in [0.1, 0.15) is 28.9 Å². The fourth-order valence-electron chi connectivity index (χ4n) is 3.61. The van der Waals surface area contributed by atoms with Gasteiger partial charge < -0.3 is 25.7 Å². The molecule has 4 aromatic rings. The van der Waals surface area contributed by atoms with E-state index in [2.05, 4.69) is 24.7 Å². The number of aromatic amines is 1. The summed E-state index contributed by atoms with van der Waals surface area (Å²) in [5.74, 6) is 0.106. The number of benzene rings is 1. The number of nitrogens with zero attached hydrogens (tertiary/aromatic N) is 4. The highest BCUT2D eigenvalue weighted by molar-refractivity contribution is 7.89. The predicted molar refractivity (Wildman–Crippen MR) is 111 cm³/mol. The molecule has 32 heavy (non-hydrogen) atoms. The lowest BCUT2D eigenvalue weighted by molar-refractivity contribution is -0.0378. The zero-order chi connectivity index (χ0) is 22.6. The lowest BCUT2D eigenvalue weighted by Gasteiger charge is -2.17. The molecule has 0 radical (unpaired) electrons. The van der Waals surface area contributed by atoms with Crippen LogP contribution >= 0.6 is 0 Å². The second-order valence-electron chi connectivity index (χ2n) is 7.16. The number of hydrogen-bond donors (Lipinski definition) is 5. The number of ether oxygens (including phenoxy) is 1. The quantitative estimate of drug-likeness (QED) is 0.247. The lowest BCUT2D eigenvalue weighted by Crippen LogP contribution is -2.44. The van der Waals surface area contributed by atoms with Crippen LogP contribution < -0.4 is 15.9 Å². The standard InChI is InChI=1S/C18H17N7O6S/c19-15-11-16(22-6-21-15)25(7-23-11)18-14(28)13(27)17(31-18)24-32(29,30)10-5-20-9-4-2-1-3-8(9)12(10)26/h1-7,13-14,17-18,24,27-28H,(H,20,26)(H2,19,21,22)/t13-,14+,17?,18-/m1/s1. The Morgan fingerprint density at radius 3 is 2.75 bits per heavy atom. The summed E-state index contributed by atoms with van der Waals surface area (Å²) in [6.45, 7) is 0. The monoisotopic (exact) mass is 459 g/mol. The third kappa shape index (κ3) is 3.12. The molecule has 14 heteroatoms. The summed E-state index contributed by atoms with van der Waals surface area (Å²) in [5.41, 5.74) is 5.99. The fraction of sp³-hybridized carbons (Fsp3) is 0.222. The molecule has 13 nitrogen and oxygen atoms in total. The van der Waals surface area contributed by atoms with E-state index in [-0.39, 0.29) is 22.4 Å². The number of sulfonamides is 1. The molecule has 3 aromatic heterocycles. The molecule has 1 fully saturated rings. The Morgan fingerprint density at radius 1 is 1.16 bits per heavy atom. The minimum atomic E-state index is -4.42. The number of nitrogens with two attached hydrogens (primary N) is 1. The second kappa shape index (κ2) is 7.32. The van der Waals surface area contributed by atoms with Gasteiger partial charge in [-0.3, -0.25) is 9.36 Å². The summed E-state index contributed by atoms with van der Waals surface area (Å²) < 4.78 is 34.8. The van der Waals surface area contributed by atoms with Crippen molar-refractivity contribution in [1.82, 2.24) is 29.2 Å². The molecule has 5 rings (SSSR count). The van der Waals surface area contributed by atoms with Gasteiger partial charge in [-0.05, 0) is 12.1 Å². The molecular weight excluding hydrogens is 442 g/mol. The first-order valence-corrected chi connectivity index (χ1v) is 10.8. The predicted octanol–water partition coefficient (Wildman–Crippen LogP) is -1.19. The average Bonchev–Trinajstić information content (AvgIpc) is 3.31. The maximum absolute atomic E-state index is 12.9. The Kier molecular flexibility index (Phi) is 4.68. The largest absolute Gasteiger partial charge is 0.386 e. The van der Waals surface area contributed by atoms with Gasteiger partial charge in [-0.1, -0.05) is 12.1 Å². The van der Waals surface area contributed by atoms with Crippen molar-refractivity contribution >= 4 is 37.9 Å². The maximum Gasteiger partial charge on any atom is 0.248 e. The highest BCUT2D eigenvalue weighted by Crippen LogP contribution is 2.31. The number of nitrogens with one attached hydrogen (secondary N) is 2. The molecule has 0 aliphatic carbocycles. The Morgan fingerprint density at radius 2 is 1.94 bits per heavy atom. The van der Waals surface area contributed by atoms with Crippen molar-refractivity contribution in [2.45, 2.75) is 29.6 Å². The number of rotatable bonds is 4. The zero-order valence-electron chi connectivity index (χ0n) is 16.2. The van der Waals surface area contributed by atoms with E-state index in [4.69, 9.17) is 10.5 Å². The van der Waals surface area contributed by atoms with Crippen LogP contribution in [0, 0.1) is 0 Å². The first-order chi connectivity index (χ1) is 15.3. The van der Waals surface area contributed by atoms with Crippen LogP contribution in [0.25, 0.3) is 22.1 Å². The van der Waals surface area contributed by atoms with Crippen molar-refractivity contribution in [3.63, 3.8) is 0 Å². The van der Waals surface area contributed by atoms with Crippen molar-refractivity contribution in [3.05, 3.63) is 53.3 Å². The molecule has 1 saturated heterocycles. The average molecular weight is 459 g/mol. The second-order valence-corrected chi connectivity index (χ2v) is 8.84. The SMILES string of the molecule is Nc1ncnc2c1ncn2[C@@H]1OC(NS(=O)(=O)c2c[nH]c3ccccc3c2=O)[C@H](O)[C@@H]1O. The van der Waals surface area contributed by atoms with E-state index < -0.39 is 45.0 Å². The number of hydrogen-bond acceptors (Lipinski definition) is 10. The molecule has 0 bridgehead atoms. The van der Waals surface area contributed by atoms with Gasteiger partial charge in [0.2, 0.25) is 15.5 Å². The van der Waals surface area contributed by atoms with Gasteiger partial charge in [-0.15, -0.1) is 0 Å². The topological polar surface area (TPSA) is 198 Å². The molecule has 0 amide bonds. The normalized spacial score (nSPS) is 23.8. The molecule has 1 aliphatic rings. The van der Waals surface area contributed by atoms with E-state index in [9.17, 15) is 23.4 Å². The molecule has 0 spiro atoms. The molecule has 0 saturated carbocycles. The van der Waals surface area contributed by atoms with Gasteiger partial charge in [0.25, 0.3) is 0 Å². The number of nitrogen functional groups attached to an aromatic ring is 1. The zero-order valence-corrected chi connectivity index (χ0v) is 17.0. The van der Waals surface area contributed by atoms with Crippen LogP contribution in [0.5, 0.6) is 0 Å². The number of aliphatic hydroxyl groups excluding tert-OH is 2. The molecule has 1 unspecified atom stereocenters. The van der Waals surface area contributed by atoms with Gasteiger partial charge in [0.15, 0.2) is 23.9 Å². The number of anilines is 1. The maximum atomic E-state index is 12.9. The van der Waals surface area contributed by atoms with Crippen molar-refractivity contribution in [1.29, 1.82) is 0 Å². The van der Waals surface area contributed by atoms with Crippen molar-refractivity contribution in [2.24, 2.45) is 0 Å². The van der Waals surface area contributed by atoms with Crippen LogP contribution in [0.2, 0.25) is 0 Å². The minimum absolute atomic E-state index is 0.106. The fourth-order valence-corrected chi connectivity index (χ4v) is 4.80. The van der Waals surface area contributed by atoms with Crippen LogP contribution in [0.15, 0.2) is 52.8 Å².